The van der Waals surface area contributed by atoms with Gasteiger partial charge in [-0.3, -0.25) is 4.79 Å². The zero-order chi connectivity index (χ0) is 12.8. The largest absolute Gasteiger partial charge is 0.330 e. The molecule has 94 valence electrons. The van der Waals surface area contributed by atoms with E-state index in [2.05, 4.69) is 32.9 Å². The van der Waals surface area contributed by atoms with Gasteiger partial charge in [-0.05, 0) is 43.0 Å². The summed E-state index contributed by atoms with van der Waals surface area (Å²) in [5.41, 5.74) is 9.23. The van der Waals surface area contributed by atoms with Gasteiger partial charge in [-0.1, -0.05) is 31.5 Å². The Labute approximate surface area is 104 Å². The van der Waals surface area contributed by atoms with Crippen LogP contribution in [0.2, 0.25) is 0 Å². The van der Waals surface area contributed by atoms with Crippen LogP contribution >= 0.6 is 0 Å². The van der Waals surface area contributed by atoms with Crippen molar-refractivity contribution in [1.29, 1.82) is 0 Å². The zero-order valence-corrected chi connectivity index (χ0v) is 11.1. The molecule has 0 spiro atoms. The molecule has 0 heterocycles. The third-order valence-corrected chi connectivity index (χ3v) is 3.45. The highest BCUT2D eigenvalue weighted by molar-refractivity contribution is 5.81. The second-order valence-corrected chi connectivity index (χ2v) is 4.80. The van der Waals surface area contributed by atoms with E-state index < -0.39 is 0 Å². The van der Waals surface area contributed by atoms with Crippen LogP contribution in [0, 0.1) is 19.8 Å². The van der Waals surface area contributed by atoms with Gasteiger partial charge < -0.3 is 5.73 Å². The Bertz CT molecular complexity index is 360. The fourth-order valence-corrected chi connectivity index (χ4v) is 2.11. The van der Waals surface area contributed by atoms with Gasteiger partial charge in [0.05, 0.1) is 0 Å². The summed E-state index contributed by atoms with van der Waals surface area (Å²) in [5.74, 6) is 0.645. The number of ketones is 1. The summed E-state index contributed by atoms with van der Waals surface area (Å²) in [7, 11) is 0. The maximum atomic E-state index is 12.0. The number of rotatable bonds is 6. The molecule has 1 rings (SSSR count). The van der Waals surface area contributed by atoms with E-state index in [1.54, 1.807) is 0 Å². The maximum Gasteiger partial charge on any atom is 0.137 e. The molecule has 1 unspecified atom stereocenters. The molecule has 2 nitrogen and oxygen atoms in total. The summed E-state index contributed by atoms with van der Waals surface area (Å²) in [6.07, 6.45) is 2.14. The van der Waals surface area contributed by atoms with Gasteiger partial charge in [0.1, 0.15) is 5.78 Å². The molecule has 1 atom stereocenters. The Hall–Kier alpha value is -1.15. The lowest BCUT2D eigenvalue weighted by molar-refractivity contribution is -0.119. The average molecular weight is 233 g/mol. The molecule has 0 bridgehead atoms. The highest BCUT2D eigenvalue weighted by Gasteiger charge is 2.13. The van der Waals surface area contributed by atoms with Crippen molar-refractivity contribution in [3.8, 4) is 0 Å². The smallest absolute Gasteiger partial charge is 0.137 e. The Morgan fingerprint density at radius 2 is 1.88 bits per heavy atom. The van der Waals surface area contributed by atoms with E-state index in [1.165, 1.54) is 16.7 Å². The van der Waals surface area contributed by atoms with Crippen molar-refractivity contribution in [2.75, 3.05) is 6.54 Å². The van der Waals surface area contributed by atoms with E-state index >= 15 is 0 Å². The van der Waals surface area contributed by atoms with Gasteiger partial charge in [0.15, 0.2) is 0 Å². The van der Waals surface area contributed by atoms with Crippen molar-refractivity contribution >= 4 is 5.78 Å². The molecule has 0 saturated carbocycles. The maximum absolute atomic E-state index is 12.0. The lowest BCUT2D eigenvalue weighted by atomic mass is 9.93. The monoisotopic (exact) mass is 233 g/mol. The first-order valence-electron chi connectivity index (χ1n) is 6.35. The molecule has 0 aliphatic rings. The van der Waals surface area contributed by atoms with E-state index in [9.17, 15) is 4.79 Å². The Kier molecular flexibility index (Phi) is 5.36. The fraction of sp³-hybridized carbons (Fsp3) is 0.533. The highest BCUT2D eigenvalue weighted by atomic mass is 16.1. The van der Waals surface area contributed by atoms with E-state index in [0.29, 0.717) is 31.1 Å². The summed E-state index contributed by atoms with van der Waals surface area (Å²) < 4.78 is 0. The molecule has 1 aromatic rings. The Morgan fingerprint density at radius 1 is 1.29 bits per heavy atom. The normalized spacial score (nSPS) is 12.5. The van der Waals surface area contributed by atoms with Crippen LogP contribution < -0.4 is 5.73 Å². The SMILES string of the molecule is CCC(CN)CC(=O)Cc1c(C)cccc1C. The molecule has 0 amide bonds. The Balaban J connectivity index is 2.68. The van der Waals surface area contributed by atoms with Crippen molar-refractivity contribution < 1.29 is 4.79 Å². The molecule has 0 saturated heterocycles. The lowest BCUT2D eigenvalue weighted by Gasteiger charge is -2.13. The number of Topliss-reactive ketones (excluding diaryl/α,β-unsaturated/α-hetero) is 1. The number of nitrogens with two attached hydrogens (primary N) is 1. The van der Waals surface area contributed by atoms with Gasteiger partial charge in [0.25, 0.3) is 0 Å². The zero-order valence-electron chi connectivity index (χ0n) is 11.1. The molecule has 0 aliphatic heterocycles. The summed E-state index contributed by atoms with van der Waals surface area (Å²) in [5, 5.41) is 0. The van der Waals surface area contributed by atoms with Crippen molar-refractivity contribution in [3.05, 3.63) is 34.9 Å². The van der Waals surface area contributed by atoms with Crippen LogP contribution in [0.1, 0.15) is 36.5 Å². The number of benzene rings is 1. The minimum absolute atomic E-state index is 0.305. The van der Waals surface area contributed by atoms with Gasteiger partial charge in [0, 0.05) is 12.8 Å². The van der Waals surface area contributed by atoms with Gasteiger partial charge in [-0.15, -0.1) is 0 Å². The van der Waals surface area contributed by atoms with Crippen molar-refractivity contribution in [2.24, 2.45) is 11.7 Å². The first-order chi connectivity index (χ1) is 8.08. The molecule has 0 aromatic heterocycles. The standard InChI is InChI=1S/C15H23NO/c1-4-13(10-16)8-14(17)9-15-11(2)6-5-7-12(15)3/h5-7,13H,4,8-10,16H2,1-3H3. The number of hydrogen-bond donors (Lipinski definition) is 1. The molecule has 17 heavy (non-hydrogen) atoms. The second-order valence-electron chi connectivity index (χ2n) is 4.80. The van der Waals surface area contributed by atoms with Gasteiger partial charge >= 0.3 is 0 Å². The van der Waals surface area contributed by atoms with Crippen LogP contribution in [0.25, 0.3) is 0 Å². The number of carbonyl (C=O) groups excluding carboxylic acids is 1. The Morgan fingerprint density at radius 3 is 2.35 bits per heavy atom. The van der Waals surface area contributed by atoms with Crippen LogP contribution in [-0.2, 0) is 11.2 Å². The average Bonchev–Trinajstić information content (AvgIpc) is 2.31. The predicted octanol–water partition coefficient (Wildman–Crippen LogP) is 2.79. The third kappa shape index (κ3) is 3.97. The summed E-state index contributed by atoms with van der Waals surface area (Å²) >= 11 is 0. The van der Waals surface area contributed by atoms with E-state index in [4.69, 9.17) is 5.73 Å². The van der Waals surface area contributed by atoms with Crippen molar-refractivity contribution in [1.82, 2.24) is 0 Å². The number of aryl methyl sites for hydroxylation is 2. The second kappa shape index (κ2) is 6.55. The molecular weight excluding hydrogens is 210 g/mol. The molecule has 0 aliphatic carbocycles. The fourth-order valence-electron chi connectivity index (χ4n) is 2.11. The lowest BCUT2D eigenvalue weighted by Crippen LogP contribution is -2.19. The first-order valence-corrected chi connectivity index (χ1v) is 6.35. The number of carbonyl (C=O) groups is 1. The molecule has 2 N–H and O–H groups in total. The van der Waals surface area contributed by atoms with Crippen LogP contribution in [0.3, 0.4) is 0 Å². The van der Waals surface area contributed by atoms with Crippen molar-refractivity contribution in [3.63, 3.8) is 0 Å². The van der Waals surface area contributed by atoms with E-state index in [1.807, 2.05) is 6.07 Å². The van der Waals surface area contributed by atoms with E-state index in [0.717, 1.165) is 6.42 Å². The van der Waals surface area contributed by atoms with Crippen LogP contribution in [-0.4, -0.2) is 12.3 Å². The van der Waals surface area contributed by atoms with Gasteiger partial charge in [0.2, 0.25) is 0 Å². The van der Waals surface area contributed by atoms with Crippen LogP contribution in [0.5, 0.6) is 0 Å². The van der Waals surface area contributed by atoms with Crippen LogP contribution in [0.15, 0.2) is 18.2 Å². The molecule has 0 fully saturated rings. The summed E-state index contributed by atoms with van der Waals surface area (Å²) in [6.45, 7) is 6.82. The molecule has 1 aromatic carbocycles. The minimum Gasteiger partial charge on any atom is -0.330 e. The van der Waals surface area contributed by atoms with Crippen molar-refractivity contribution in [2.45, 2.75) is 40.0 Å². The van der Waals surface area contributed by atoms with Gasteiger partial charge in [-0.25, -0.2) is 0 Å². The quantitative estimate of drug-likeness (QED) is 0.821. The third-order valence-electron chi connectivity index (χ3n) is 3.45. The van der Waals surface area contributed by atoms with E-state index in [-0.39, 0.29) is 0 Å². The molecule has 0 radical (unpaired) electrons. The number of hydrogen-bond acceptors (Lipinski definition) is 2. The predicted molar refractivity (Wildman–Crippen MR) is 72.1 cm³/mol. The topological polar surface area (TPSA) is 43.1 Å². The molecular formula is C15H23NO. The summed E-state index contributed by atoms with van der Waals surface area (Å²) in [4.78, 5) is 12.0. The van der Waals surface area contributed by atoms with Crippen LogP contribution in [0.4, 0.5) is 0 Å². The highest BCUT2D eigenvalue weighted by Crippen LogP contribution is 2.16. The minimum atomic E-state index is 0.305. The molecule has 2 heteroatoms. The first kappa shape index (κ1) is 13.9. The van der Waals surface area contributed by atoms with Gasteiger partial charge in [-0.2, -0.15) is 0 Å². The summed E-state index contributed by atoms with van der Waals surface area (Å²) in [6, 6.07) is 6.17.